The summed E-state index contributed by atoms with van der Waals surface area (Å²) in [6.07, 6.45) is 0. The smallest absolute Gasteiger partial charge is 0.326 e. The summed E-state index contributed by atoms with van der Waals surface area (Å²) in [4.78, 5) is 33.9. The van der Waals surface area contributed by atoms with Gasteiger partial charge in [0, 0.05) is 23.5 Å². The third-order valence-corrected chi connectivity index (χ3v) is 5.91. The molecule has 2 aromatic rings. The van der Waals surface area contributed by atoms with E-state index in [0.717, 1.165) is 5.56 Å². The van der Waals surface area contributed by atoms with Gasteiger partial charge in [-0.3, -0.25) is 14.7 Å². The number of hydrogen-bond donors (Lipinski definition) is 1. The van der Waals surface area contributed by atoms with Crippen LogP contribution in [0.3, 0.4) is 0 Å². The fourth-order valence-corrected chi connectivity index (χ4v) is 4.32. The summed E-state index contributed by atoms with van der Waals surface area (Å²) in [7, 11) is 0. The molecule has 2 aliphatic rings. The minimum atomic E-state index is -0.557. The van der Waals surface area contributed by atoms with Crippen LogP contribution in [0, 0.1) is 11.2 Å². The molecular formula is C24H26ClFN4O2. The lowest BCUT2D eigenvalue weighted by molar-refractivity contribution is -0.123. The van der Waals surface area contributed by atoms with Crippen LogP contribution in [0.5, 0.6) is 0 Å². The summed E-state index contributed by atoms with van der Waals surface area (Å²) in [5.41, 5.74) is 1.06. The zero-order valence-electron chi connectivity index (χ0n) is 18.3. The Morgan fingerprint density at radius 2 is 1.88 bits per heavy atom. The second kappa shape index (κ2) is 8.54. The molecule has 2 unspecified atom stereocenters. The number of halogens is 2. The van der Waals surface area contributed by atoms with Crippen LogP contribution in [0.25, 0.3) is 0 Å². The van der Waals surface area contributed by atoms with E-state index >= 15 is 0 Å². The van der Waals surface area contributed by atoms with Gasteiger partial charge >= 0.3 is 6.03 Å². The van der Waals surface area contributed by atoms with E-state index in [1.54, 1.807) is 29.2 Å². The van der Waals surface area contributed by atoms with E-state index in [9.17, 15) is 14.0 Å². The SMILES string of the molecule is CC(C)(C)C1=NC(c2ccc(Cl)cc2)C(c2cccc(F)c2)N1C(=O)N1CCNC(=O)C1. The number of piperazine rings is 1. The van der Waals surface area contributed by atoms with Gasteiger partial charge in [0.2, 0.25) is 5.91 Å². The van der Waals surface area contributed by atoms with Gasteiger partial charge in [0.1, 0.15) is 24.2 Å². The fourth-order valence-electron chi connectivity index (χ4n) is 4.20. The first-order chi connectivity index (χ1) is 15.1. The van der Waals surface area contributed by atoms with Crippen molar-refractivity contribution in [3.8, 4) is 0 Å². The number of carbonyl (C=O) groups excluding carboxylic acids is 2. The number of urea groups is 1. The normalized spacial score (nSPS) is 21.4. The van der Waals surface area contributed by atoms with Gasteiger partial charge in [-0.15, -0.1) is 0 Å². The molecule has 2 heterocycles. The maximum atomic E-state index is 14.2. The highest BCUT2D eigenvalue weighted by atomic mass is 35.5. The van der Waals surface area contributed by atoms with E-state index in [-0.39, 0.29) is 24.3 Å². The van der Waals surface area contributed by atoms with Crippen LogP contribution in [-0.4, -0.2) is 47.2 Å². The molecule has 0 spiro atoms. The monoisotopic (exact) mass is 456 g/mol. The molecule has 8 heteroatoms. The number of nitrogens with zero attached hydrogens (tertiary/aromatic N) is 3. The van der Waals surface area contributed by atoms with E-state index in [0.29, 0.717) is 29.5 Å². The van der Waals surface area contributed by atoms with Crippen molar-refractivity contribution in [3.05, 3.63) is 70.5 Å². The summed E-state index contributed by atoms with van der Waals surface area (Å²) in [5.74, 6) is 0.0172. The number of aliphatic imine (C=N–C) groups is 1. The second-order valence-corrected chi connectivity index (χ2v) is 9.56. The predicted molar refractivity (Wildman–Crippen MR) is 122 cm³/mol. The maximum absolute atomic E-state index is 14.2. The molecule has 0 aromatic heterocycles. The minimum Gasteiger partial charge on any atom is -0.353 e. The maximum Gasteiger partial charge on any atom is 0.326 e. The van der Waals surface area contributed by atoms with Crippen LogP contribution in [-0.2, 0) is 4.79 Å². The third kappa shape index (κ3) is 4.35. The molecule has 1 fully saturated rings. The van der Waals surface area contributed by atoms with Crippen molar-refractivity contribution in [1.29, 1.82) is 0 Å². The van der Waals surface area contributed by atoms with Crippen LogP contribution >= 0.6 is 11.6 Å². The predicted octanol–water partition coefficient (Wildman–Crippen LogP) is 4.57. The van der Waals surface area contributed by atoms with Crippen LogP contribution < -0.4 is 5.32 Å². The molecule has 0 aliphatic carbocycles. The standard InChI is InChI=1S/C24H26ClFN4O2/c1-24(2,3)22-28-20(15-7-9-17(25)10-8-15)21(16-5-4-6-18(26)13-16)30(22)23(32)29-12-11-27-19(31)14-29/h4-10,13,20-21H,11-12,14H2,1-3H3,(H,27,31). The second-order valence-electron chi connectivity index (χ2n) is 9.12. The van der Waals surface area contributed by atoms with Gasteiger partial charge in [-0.1, -0.05) is 56.6 Å². The highest BCUT2D eigenvalue weighted by molar-refractivity contribution is 6.30. The van der Waals surface area contributed by atoms with E-state index in [4.69, 9.17) is 16.6 Å². The van der Waals surface area contributed by atoms with Crippen LogP contribution in [0.4, 0.5) is 9.18 Å². The Kier molecular flexibility index (Phi) is 5.95. The zero-order valence-corrected chi connectivity index (χ0v) is 19.1. The molecule has 3 amide bonds. The summed E-state index contributed by atoms with van der Waals surface area (Å²) >= 11 is 6.09. The lowest BCUT2D eigenvalue weighted by Gasteiger charge is -2.38. The average molecular weight is 457 g/mol. The summed E-state index contributed by atoms with van der Waals surface area (Å²) in [6.45, 7) is 6.74. The highest BCUT2D eigenvalue weighted by Gasteiger charge is 2.47. The first-order valence-corrected chi connectivity index (χ1v) is 11.0. The minimum absolute atomic E-state index is 0.0196. The van der Waals surface area contributed by atoms with E-state index in [2.05, 4.69) is 5.32 Å². The van der Waals surface area contributed by atoms with Gasteiger partial charge < -0.3 is 10.2 Å². The Balaban J connectivity index is 1.84. The van der Waals surface area contributed by atoms with E-state index < -0.39 is 17.5 Å². The molecule has 0 saturated carbocycles. The number of rotatable bonds is 2. The Morgan fingerprint density at radius 3 is 2.50 bits per heavy atom. The first kappa shape index (κ1) is 22.3. The molecule has 2 aromatic carbocycles. The van der Waals surface area contributed by atoms with Crippen molar-refractivity contribution >= 4 is 29.4 Å². The molecule has 2 atom stereocenters. The Morgan fingerprint density at radius 1 is 1.16 bits per heavy atom. The van der Waals surface area contributed by atoms with Crippen molar-refractivity contribution in [2.45, 2.75) is 32.9 Å². The number of hydrogen-bond acceptors (Lipinski definition) is 3. The Labute approximate surface area is 192 Å². The van der Waals surface area contributed by atoms with E-state index in [1.807, 2.05) is 32.9 Å². The molecule has 0 bridgehead atoms. The van der Waals surface area contributed by atoms with Gasteiger partial charge in [-0.2, -0.15) is 0 Å². The summed E-state index contributed by atoms with van der Waals surface area (Å²) < 4.78 is 14.2. The van der Waals surface area contributed by atoms with Crippen LogP contribution in [0.1, 0.15) is 44.0 Å². The molecule has 6 nitrogen and oxygen atoms in total. The lowest BCUT2D eigenvalue weighted by atomic mass is 9.91. The number of benzene rings is 2. The van der Waals surface area contributed by atoms with Gasteiger partial charge in [0.05, 0.1) is 6.04 Å². The van der Waals surface area contributed by atoms with Gasteiger partial charge in [0.25, 0.3) is 0 Å². The Bertz CT molecular complexity index is 1060. The van der Waals surface area contributed by atoms with Crippen LogP contribution in [0.2, 0.25) is 5.02 Å². The van der Waals surface area contributed by atoms with Crippen molar-refractivity contribution in [1.82, 2.24) is 15.1 Å². The Hall–Kier alpha value is -2.93. The zero-order chi connectivity index (χ0) is 23.0. The molecule has 2 aliphatic heterocycles. The van der Waals surface area contributed by atoms with Crippen LogP contribution in [0.15, 0.2) is 53.5 Å². The van der Waals surface area contributed by atoms with Crippen molar-refractivity contribution in [3.63, 3.8) is 0 Å². The number of amidine groups is 1. The molecule has 1 N–H and O–H groups in total. The van der Waals surface area contributed by atoms with Gasteiger partial charge in [0.15, 0.2) is 0 Å². The summed E-state index contributed by atoms with van der Waals surface area (Å²) in [5, 5.41) is 3.34. The number of nitrogens with one attached hydrogen (secondary N) is 1. The molecule has 1 saturated heterocycles. The van der Waals surface area contributed by atoms with Gasteiger partial charge in [-0.05, 0) is 35.4 Å². The summed E-state index contributed by atoms with van der Waals surface area (Å²) in [6, 6.07) is 12.3. The molecule has 4 rings (SSSR count). The molecule has 168 valence electrons. The fraction of sp³-hybridized carbons (Fsp3) is 0.375. The molecule has 32 heavy (non-hydrogen) atoms. The quantitative estimate of drug-likeness (QED) is 0.719. The highest BCUT2D eigenvalue weighted by Crippen LogP contribution is 2.46. The topological polar surface area (TPSA) is 65.0 Å². The van der Waals surface area contributed by atoms with Crippen molar-refractivity contribution in [2.24, 2.45) is 10.4 Å². The van der Waals surface area contributed by atoms with E-state index in [1.165, 1.54) is 17.0 Å². The van der Waals surface area contributed by atoms with Crippen molar-refractivity contribution < 1.29 is 14.0 Å². The number of amides is 3. The number of carbonyl (C=O) groups is 2. The lowest BCUT2D eigenvalue weighted by Crippen LogP contribution is -2.56. The van der Waals surface area contributed by atoms with Gasteiger partial charge in [-0.25, -0.2) is 9.18 Å². The molecule has 0 radical (unpaired) electrons. The third-order valence-electron chi connectivity index (χ3n) is 5.65. The average Bonchev–Trinajstić information content (AvgIpc) is 3.15. The first-order valence-electron chi connectivity index (χ1n) is 10.6. The van der Waals surface area contributed by atoms with Crippen molar-refractivity contribution in [2.75, 3.05) is 19.6 Å². The molecular weight excluding hydrogens is 431 g/mol. The largest absolute Gasteiger partial charge is 0.353 e.